The molecular weight excluding hydrogens is 228 g/mol. The molecule has 6 nitrogen and oxygen atoms in total. The third kappa shape index (κ3) is 2.02. The fraction of sp³-hybridized carbons (Fsp3) is 0.333. The van der Waals surface area contributed by atoms with Crippen LogP contribution < -0.4 is 16.4 Å². The van der Waals surface area contributed by atoms with E-state index in [-0.39, 0.29) is 0 Å². The maximum Gasteiger partial charge on any atom is 0.124 e. The average molecular weight is 244 g/mol. The summed E-state index contributed by atoms with van der Waals surface area (Å²) in [5.74, 6) is 1.01. The molecule has 0 amide bonds. The zero-order valence-corrected chi connectivity index (χ0v) is 10.0. The maximum atomic E-state index is 5.86. The minimum Gasteiger partial charge on any atom is -0.397 e. The van der Waals surface area contributed by atoms with E-state index in [1.165, 1.54) is 0 Å². The number of pyridine rings is 1. The molecule has 3 heterocycles. The number of hydrogen-bond acceptors (Lipinski definition) is 5. The van der Waals surface area contributed by atoms with Gasteiger partial charge in [0.15, 0.2) is 0 Å². The van der Waals surface area contributed by atoms with Crippen LogP contribution in [-0.4, -0.2) is 27.9 Å². The van der Waals surface area contributed by atoms with E-state index >= 15 is 0 Å². The van der Waals surface area contributed by atoms with Gasteiger partial charge in [0.05, 0.1) is 30.2 Å². The van der Waals surface area contributed by atoms with E-state index in [1.807, 2.05) is 29.1 Å². The number of hydrogen-bond donors (Lipinski definition) is 3. The van der Waals surface area contributed by atoms with Crippen molar-refractivity contribution in [3.8, 4) is 0 Å². The average Bonchev–Trinajstić information content (AvgIpc) is 2.74. The van der Waals surface area contributed by atoms with Gasteiger partial charge in [0.25, 0.3) is 0 Å². The maximum absolute atomic E-state index is 5.86. The van der Waals surface area contributed by atoms with Crippen LogP contribution in [0.15, 0.2) is 30.6 Å². The van der Waals surface area contributed by atoms with Gasteiger partial charge in [0.2, 0.25) is 0 Å². The third-order valence-corrected chi connectivity index (χ3v) is 3.14. The predicted molar refractivity (Wildman–Crippen MR) is 70.1 cm³/mol. The zero-order valence-electron chi connectivity index (χ0n) is 10.0. The molecule has 1 aliphatic heterocycles. The number of nitrogen functional groups attached to an aromatic ring is 1. The van der Waals surface area contributed by atoms with Crippen molar-refractivity contribution in [2.75, 3.05) is 24.1 Å². The summed E-state index contributed by atoms with van der Waals surface area (Å²) in [6.07, 6.45) is 3.56. The Morgan fingerprint density at radius 1 is 1.39 bits per heavy atom. The third-order valence-electron chi connectivity index (χ3n) is 3.14. The molecule has 18 heavy (non-hydrogen) atoms. The number of rotatable bonds is 4. The van der Waals surface area contributed by atoms with E-state index in [0.717, 1.165) is 24.6 Å². The molecule has 1 saturated heterocycles. The number of anilines is 2. The van der Waals surface area contributed by atoms with E-state index in [9.17, 15) is 0 Å². The second kappa shape index (κ2) is 4.66. The molecule has 6 heteroatoms. The summed E-state index contributed by atoms with van der Waals surface area (Å²) in [7, 11) is 0. The fourth-order valence-corrected chi connectivity index (χ4v) is 1.96. The van der Waals surface area contributed by atoms with Crippen molar-refractivity contribution in [1.82, 2.24) is 20.1 Å². The number of nitrogens with two attached hydrogens (primary N) is 1. The van der Waals surface area contributed by atoms with Gasteiger partial charge in [-0.1, -0.05) is 0 Å². The Morgan fingerprint density at radius 2 is 2.28 bits per heavy atom. The second-order valence-corrected chi connectivity index (χ2v) is 4.37. The van der Waals surface area contributed by atoms with Crippen molar-refractivity contribution in [1.29, 1.82) is 0 Å². The van der Waals surface area contributed by atoms with Gasteiger partial charge in [-0.2, -0.15) is 5.10 Å². The summed E-state index contributed by atoms with van der Waals surface area (Å²) in [5.41, 5.74) is 7.43. The van der Waals surface area contributed by atoms with Crippen LogP contribution in [0.1, 0.15) is 11.7 Å². The molecule has 0 spiro atoms. The van der Waals surface area contributed by atoms with Crippen LogP contribution in [0.4, 0.5) is 11.5 Å². The highest BCUT2D eigenvalue weighted by molar-refractivity contribution is 5.44. The van der Waals surface area contributed by atoms with E-state index < -0.39 is 0 Å². The first kappa shape index (κ1) is 11.0. The molecule has 4 N–H and O–H groups in total. The summed E-state index contributed by atoms with van der Waals surface area (Å²) >= 11 is 0. The van der Waals surface area contributed by atoms with Gasteiger partial charge >= 0.3 is 0 Å². The van der Waals surface area contributed by atoms with Gasteiger partial charge in [-0.3, -0.25) is 4.98 Å². The SMILES string of the molecule is Nc1cccnc1CNc1ccnn1C1CNC1. The molecule has 0 aliphatic carbocycles. The number of aromatic nitrogens is 3. The minimum absolute atomic E-state index is 0.448. The normalized spacial score (nSPS) is 15.3. The first-order valence-electron chi connectivity index (χ1n) is 6.02. The standard InChI is InChI=1S/C12H16N6/c13-10-2-1-4-15-11(10)8-16-12-3-5-17-18(12)9-6-14-7-9/h1-5,9,14,16H,6-8,13H2. The summed E-state index contributed by atoms with van der Waals surface area (Å²) in [6.45, 7) is 2.56. The lowest BCUT2D eigenvalue weighted by atomic mass is 10.2. The summed E-state index contributed by atoms with van der Waals surface area (Å²) in [4.78, 5) is 4.26. The fourth-order valence-electron chi connectivity index (χ4n) is 1.96. The van der Waals surface area contributed by atoms with Crippen LogP contribution in [-0.2, 0) is 6.54 Å². The Balaban J connectivity index is 1.70. The molecular formula is C12H16N6. The smallest absolute Gasteiger partial charge is 0.124 e. The minimum atomic E-state index is 0.448. The van der Waals surface area contributed by atoms with Gasteiger partial charge in [-0.25, -0.2) is 4.68 Å². The van der Waals surface area contributed by atoms with Crippen molar-refractivity contribution in [3.05, 3.63) is 36.3 Å². The molecule has 3 rings (SSSR count). The first-order valence-corrected chi connectivity index (χ1v) is 6.02. The molecule has 1 fully saturated rings. The molecule has 2 aromatic rings. The van der Waals surface area contributed by atoms with Crippen LogP contribution >= 0.6 is 0 Å². The molecule has 2 aromatic heterocycles. The van der Waals surface area contributed by atoms with Gasteiger partial charge in [-0.15, -0.1) is 0 Å². The van der Waals surface area contributed by atoms with Crippen molar-refractivity contribution < 1.29 is 0 Å². The van der Waals surface area contributed by atoms with E-state index in [2.05, 4.69) is 20.7 Å². The number of nitrogens with zero attached hydrogens (tertiary/aromatic N) is 3. The lowest BCUT2D eigenvalue weighted by molar-refractivity contribution is 0.321. The molecule has 0 atom stereocenters. The van der Waals surface area contributed by atoms with Crippen LogP contribution in [0, 0.1) is 0 Å². The van der Waals surface area contributed by atoms with Crippen LogP contribution in [0.3, 0.4) is 0 Å². The summed E-state index contributed by atoms with van der Waals surface area (Å²) in [5, 5.41) is 10.9. The molecule has 1 aliphatic rings. The number of nitrogens with one attached hydrogen (secondary N) is 2. The lowest BCUT2D eigenvalue weighted by Crippen LogP contribution is -2.44. The first-order chi connectivity index (χ1) is 8.84. The van der Waals surface area contributed by atoms with Crippen LogP contribution in [0.2, 0.25) is 0 Å². The van der Waals surface area contributed by atoms with Gasteiger partial charge in [-0.05, 0) is 12.1 Å². The van der Waals surface area contributed by atoms with Gasteiger partial charge in [0.1, 0.15) is 5.82 Å². The Labute approximate surface area is 105 Å². The molecule has 0 bridgehead atoms. The largest absolute Gasteiger partial charge is 0.397 e. The molecule has 0 unspecified atom stereocenters. The second-order valence-electron chi connectivity index (χ2n) is 4.37. The zero-order chi connectivity index (χ0) is 12.4. The highest BCUT2D eigenvalue weighted by atomic mass is 15.4. The van der Waals surface area contributed by atoms with E-state index in [0.29, 0.717) is 18.3 Å². The Morgan fingerprint density at radius 3 is 3.00 bits per heavy atom. The Hall–Kier alpha value is -2.08. The molecule has 0 aromatic carbocycles. The molecule has 0 radical (unpaired) electrons. The van der Waals surface area contributed by atoms with Crippen molar-refractivity contribution in [2.45, 2.75) is 12.6 Å². The molecule has 94 valence electrons. The van der Waals surface area contributed by atoms with E-state index in [4.69, 9.17) is 5.73 Å². The highest BCUT2D eigenvalue weighted by Gasteiger charge is 2.21. The predicted octanol–water partition coefficient (Wildman–Crippen LogP) is 0.617. The Kier molecular flexibility index (Phi) is 2.85. The lowest BCUT2D eigenvalue weighted by Gasteiger charge is -2.28. The van der Waals surface area contributed by atoms with Crippen LogP contribution in [0.5, 0.6) is 0 Å². The van der Waals surface area contributed by atoms with Crippen LogP contribution in [0.25, 0.3) is 0 Å². The van der Waals surface area contributed by atoms with Gasteiger partial charge in [0, 0.05) is 25.4 Å². The Bertz CT molecular complexity index is 531. The van der Waals surface area contributed by atoms with E-state index in [1.54, 1.807) is 6.20 Å². The summed E-state index contributed by atoms with van der Waals surface area (Å²) in [6, 6.07) is 6.11. The quantitative estimate of drug-likeness (QED) is 0.734. The van der Waals surface area contributed by atoms with Crippen molar-refractivity contribution in [3.63, 3.8) is 0 Å². The highest BCUT2D eigenvalue weighted by Crippen LogP contribution is 2.18. The van der Waals surface area contributed by atoms with Gasteiger partial charge < -0.3 is 16.4 Å². The topological polar surface area (TPSA) is 80.8 Å². The van der Waals surface area contributed by atoms with Crippen molar-refractivity contribution in [2.24, 2.45) is 0 Å². The van der Waals surface area contributed by atoms with Crippen molar-refractivity contribution >= 4 is 11.5 Å². The monoisotopic (exact) mass is 244 g/mol. The molecule has 0 saturated carbocycles. The summed E-state index contributed by atoms with van der Waals surface area (Å²) < 4.78 is 2.01.